The van der Waals surface area contributed by atoms with Gasteiger partial charge < -0.3 is 9.64 Å². The van der Waals surface area contributed by atoms with Gasteiger partial charge >= 0.3 is 0 Å². The highest BCUT2D eigenvalue weighted by Crippen LogP contribution is 2.23. The Labute approximate surface area is 134 Å². The molecule has 22 heavy (non-hydrogen) atoms. The molecule has 2 aromatic rings. The number of hydrogen-bond donors (Lipinski definition) is 0. The van der Waals surface area contributed by atoms with Gasteiger partial charge in [0.1, 0.15) is 5.01 Å². The topological polar surface area (TPSA) is 54.4 Å². The molecule has 7 heteroatoms. The van der Waals surface area contributed by atoms with Gasteiger partial charge in [-0.2, -0.15) is 5.10 Å². The second kappa shape index (κ2) is 6.68. The number of nitrogens with zero attached hydrogens (tertiary/aromatic N) is 5. The van der Waals surface area contributed by atoms with Crippen LogP contribution in [0.3, 0.4) is 0 Å². The molecular formula is C15H21N5OS. The molecule has 0 amide bonds. The zero-order valence-corrected chi connectivity index (χ0v) is 14.1. The maximum Gasteiger partial charge on any atom is 0.233 e. The summed E-state index contributed by atoms with van der Waals surface area (Å²) >= 11 is 1.80. The second-order valence-corrected chi connectivity index (χ2v) is 6.98. The largest absolute Gasteiger partial charge is 0.480 e. The van der Waals surface area contributed by atoms with E-state index in [0.717, 1.165) is 38.3 Å². The van der Waals surface area contributed by atoms with Gasteiger partial charge in [0, 0.05) is 43.2 Å². The molecule has 0 atom stereocenters. The van der Waals surface area contributed by atoms with Crippen LogP contribution in [0.15, 0.2) is 12.3 Å². The van der Waals surface area contributed by atoms with Crippen LogP contribution in [-0.2, 0) is 26.1 Å². The van der Waals surface area contributed by atoms with Crippen molar-refractivity contribution in [1.82, 2.24) is 25.0 Å². The molecule has 0 radical (unpaired) electrons. The summed E-state index contributed by atoms with van der Waals surface area (Å²) in [6, 6.07) is 1.99. The quantitative estimate of drug-likeness (QED) is 0.834. The van der Waals surface area contributed by atoms with E-state index in [9.17, 15) is 0 Å². The number of hydrogen-bond acceptors (Lipinski definition) is 7. The average Bonchev–Trinajstić information content (AvgIpc) is 2.92. The zero-order chi connectivity index (χ0) is 15.5. The summed E-state index contributed by atoms with van der Waals surface area (Å²) in [6.45, 7) is 3.72. The number of aromatic nitrogens is 3. The molecular weight excluding hydrogens is 298 g/mol. The lowest BCUT2D eigenvalue weighted by Gasteiger charge is -2.26. The van der Waals surface area contributed by atoms with Gasteiger partial charge in [0.05, 0.1) is 19.3 Å². The minimum Gasteiger partial charge on any atom is -0.480 e. The Bertz CT molecular complexity index is 643. The highest BCUT2D eigenvalue weighted by molar-refractivity contribution is 7.11. The Kier molecular flexibility index (Phi) is 4.66. The minimum atomic E-state index is 0.586. The van der Waals surface area contributed by atoms with Gasteiger partial charge in [0.2, 0.25) is 5.88 Å². The summed E-state index contributed by atoms with van der Waals surface area (Å²) in [7, 11) is 5.78. The molecule has 0 bridgehead atoms. The lowest BCUT2D eigenvalue weighted by Crippen LogP contribution is -2.30. The fourth-order valence-corrected chi connectivity index (χ4v) is 3.68. The Balaban J connectivity index is 1.65. The van der Waals surface area contributed by atoms with Crippen LogP contribution in [0, 0.1) is 0 Å². The molecule has 2 aromatic heterocycles. The normalized spacial score (nSPS) is 15.1. The van der Waals surface area contributed by atoms with Crippen LogP contribution in [-0.4, -0.2) is 52.7 Å². The summed E-state index contributed by atoms with van der Waals surface area (Å²) in [5.74, 6) is 0.586. The summed E-state index contributed by atoms with van der Waals surface area (Å²) < 4.78 is 5.17. The molecule has 0 saturated heterocycles. The summed E-state index contributed by atoms with van der Waals surface area (Å²) in [5.41, 5.74) is 2.30. The van der Waals surface area contributed by atoms with E-state index in [1.54, 1.807) is 18.4 Å². The molecule has 1 aliphatic heterocycles. The number of ether oxygens (including phenoxy) is 1. The van der Waals surface area contributed by atoms with Crippen LogP contribution in [0.5, 0.6) is 5.88 Å². The number of rotatable bonds is 5. The average molecular weight is 319 g/mol. The van der Waals surface area contributed by atoms with Gasteiger partial charge in [-0.25, -0.2) is 4.98 Å². The van der Waals surface area contributed by atoms with E-state index >= 15 is 0 Å². The third-order valence-electron chi connectivity index (χ3n) is 3.64. The molecule has 1 aliphatic rings. The van der Waals surface area contributed by atoms with E-state index in [-0.39, 0.29) is 0 Å². The predicted octanol–water partition coefficient (Wildman–Crippen LogP) is 1.56. The van der Waals surface area contributed by atoms with E-state index in [1.165, 1.54) is 15.4 Å². The first-order valence-corrected chi connectivity index (χ1v) is 8.16. The highest BCUT2D eigenvalue weighted by atomic mass is 32.1. The van der Waals surface area contributed by atoms with Crippen molar-refractivity contribution in [2.75, 3.05) is 27.7 Å². The van der Waals surface area contributed by atoms with Gasteiger partial charge in [0.15, 0.2) is 0 Å². The van der Waals surface area contributed by atoms with Crippen LogP contribution >= 0.6 is 11.3 Å². The third kappa shape index (κ3) is 3.60. The second-order valence-electron chi connectivity index (χ2n) is 5.78. The van der Waals surface area contributed by atoms with Gasteiger partial charge in [-0.15, -0.1) is 16.4 Å². The van der Waals surface area contributed by atoms with E-state index < -0.39 is 0 Å². The first-order valence-electron chi connectivity index (χ1n) is 7.34. The maximum absolute atomic E-state index is 5.17. The molecule has 0 saturated carbocycles. The molecule has 118 valence electrons. The predicted molar refractivity (Wildman–Crippen MR) is 85.9 cm³/mol. The van der Waals surface area contributed by atoms with E-state index in [1.807, 2.05) is 12.3 Å². The molecule has 0 spiro atoms. The van der Waals surface area contributed by atoms with Gasteiger partial charge in [-0.05, 0) is 19.7 Å². The molecule has 0 unspecified atom stereocenters. The Morgan fingerprint density at radius 3 is 3.00 bits per heavy atom. The molecule has 0 N–H and O–H groups in total. The summed E-state index contributed by atoms with van der Waals surface area (Å²) in [6.07, 6.45) is 2.93. The number of thiazole rings is 1. The molecule has 0 aromatic carbocycles. The van der Waals surface area contributed by atoms with Crippen molar-refractivity contribution < 1.29 is 4.74 Å². The fraction of sp³-hybridized carbons (Fsp3) is 0.533. The van der Waals surface area contributed by atoms with Crippen molar-refractivity contribution in [3.63, 3.8) is 0 Å². The van der Waals surface area contributed by atoms with Crippen molar-refractivity contribution in [2.24, 2.45) is 0 Å². The van der Waals surface area contributed by atoms with Crippen LogP contribution in [0.2, 0.25) is 0 Å². The van der Waals surface area contributed by atoms with E-state index in [0.29, 0.717) is 5.88 Å². The van der Waals surface area contributed by atoms with Crippen molar-refractivity contribution >= 4 is 11.3 Å². The van der Waals surface area contributed by atoms with Gasteiger partial charge in [0.25, 0.3) is 0 Å². The van der Waals surface area contributed by atoms with Crippen molar-refractivity contribution in [3.05, 3.63) is 33.4 Å². The molecule has 3 rings (SSSR count). The molecule has 6 nitrogen and oxygen atoms in total. The smallest absolute Gasteiger partial charge is 0.233 e. The lowest BCUT2D eigenvalue weighted by atomic mass is 10.1. The zero-order valence-electron chi connectivity index (χ0n) is 13.2. The molecule has 3 heterocycles. The maximum atomic E-state index is 5.17. The van der Waals surface area contributed by atoms with Crippen molar-refractivity contribution in [1.29, 1.82) is 0 Å². The first-order chi connectivity index (χ1) is 10.6. The lowest BCUT2D eigenvalue weighted by molar-refractivity contribution is 0.241. The van der Waals surface area contributed by atoms with Crippen molar-refractivity contribution in [3.8, 4) is 5.88 Å². The van der Waals surface area contributed by atoms with Crippen LogP contribution in [0.4, 0.5) is 0 Å². The molecule has 0 fully saturated rings. The fourth-order valence-electron chi connectivity index (χ4n) is 2.60. The Morgan fingerprint density at radius 2 is 2.23 bits per heavy atom. The molecule has 0 aliphatic carbocycles. The standard InChI is InChI=1S/C15H21N5OS/c1-19(2)9-12-7-16-15(22-12)10-20-5-4-13-11(8-20)6-14(21-3)18-17-13/h6-7H,4-5,8-10H2,1-3H3. The monoisotopic (exact) mass is 319 g/mol. The summed E-state index contributed by atoms with van der Waals surface area (Å²) in [5, 5.41) is 9.47. The Morgan fingerprint density at radius 1 is 1.36 bits per heavy atom. The Hall–Kier alpha value is -1.57. The SMILES string of the molecule is COc1cc2c(nn1)CCN(Cc1ncc(CN(C)C)s1)C2. The van der Waals surface area contributed by atoms with E-state index in [4.69, 9.17) is 4.74 Å². The van der Waals surface area contributed by atoms with Gasteiger partial charge in [-0.1, -0.05) is 0 Å². The first kappa shape index (κ1) is 15.3. The van der Waals surface area contributed by atoms with Crippen LogP contribution in [0.1, 0.15) is 21.1 Å². The van der Waals surface area contributed by atoms with Crippen LogP contribution in [0.25, 0.3) is 0 Å². The minimum absolute atomic E-state index is 0.586. The number of fused-ring (bicyclic) bond motifs is 1. The highest BCUT2D eigenvalue weighted by Gasteiger charge is 2.19. The third-order valence-corrected chi connectivity index (χ3v) is 4.60. The van der Waals surface area contributed by atoms with Crippen LogP contribution < -0.4 is 4.74 Å². The number of methoxy groups -OCH3 is 1. The summed E-state index contributed by atoms with van der Waals surface area (Å²) in [4.78, 5) is 10.4. The van der Waals surface area contributed by atoms with Gasteiger partial charge in [-0.3, -0.25) is 4.90 Å². The van der Waals surface area contributed by atoms with Crippen molar-refractivity contribution in [2.45, 2.75) is 26.1 Å². The van der Waals surface area contributed by atoms with E-state index in [2.05, 4.69) is 39.1 Å².